The molecule has 1 saturated heterocycles. The Morgan fingerprint density at radius 3 is 2.46 bits per heavy atom. The zero-order chi connectivity index (χ0) is 19.5. The van der Waals surface area contributed by atoms with E-state index in [1.807, 2.05) is 6.92 Å². The van der Waals surface area contributed by atoms with Crippen LogP contribution in [0.1, 0.15) is 19.4 Å². The summed E-state index contributed by atoms with van der Waals surface area (Å²) in [4.78, 5) is 12.5. The van der Waals surface area contributed by atoms with Crippen molar-refractivity contribution in [3.8, 4) is 0 Å². The number of halogens is 3. The number of piperazine rings is 1. The third-order valence-corrected chi connectivity index (χ3v) is 6.42. The van der Waals surface area contributed by atoms with Crippen LogP contribution in [-0.4, -0.2) is 57.4 Å². The van der Waals surface area contributed by atoms with Crippen LogP contribution in [0.5, 0.6) is 0 Å². The van der Waals surface area contributed by atoms with Gasteiger partial charge in [-0.2, -0.15) is 17.5 Å². The molecule has 0 radical (unpaired) electrons. The lowest BCUT2D eigenvalue weighted by Gasteiger charge is -2.34. The Bertz CT molecular complexity index is 745. The summed E-state index contributed by atoms with van der Waals surface area (Å²) in [6.07, 6.45) is -4.60. The second-order valence-electron chi connectivity index (χ2n) is 6.20. The molecule has 2 rings (SSSR count). The molecule has 0 saturated carbocycles. The summed E-state index contributed by atoms with van der Waals surface area (Å²) in [5.41, 5.74) is -0.993. The number of carbonyl (C=O) groups excluding carboxylic acids is 1. The van der Waals surface area contributed by atoms with Gasteiger partial charge >= 0.3 is 6.18 Å². The largest absolute Gasteiger partial charge is 0.416 e. The van der Waals surface area contributed by atoms with E-state index in [0.717, 1.165) is 17.0 Å². The van der Waals surface area contributed by atoms with E-state index in [-0.39, 0.29) is 29.9 Å². The zero-order valence-electron chi connectivity index (χ0n) is 14.6. The standard InChI is InChI=1S/C16H22F3N3O3S/c1-3-20-15(23)12(2)21-7-9-22(10-8-21)26(24,25)14-6-4-5-13(11-14)16(17,18)19/h4-6,11-12H,3,7-10H2,1-2H3,(H,20,23)/p+1/t12-/m0/s1. The number of likely N-dealkylation sites (N-methyl/N-ethyl adjacent to an activating group) is 1. The highest BCUT2D eigenvalue weighted by atomic mass is 32.2. The molecule has 0 spiro atoms. The molecule has 1 aromatic rings. The van der Waals surface area contributed by atoms with Crippen LogP contribution in [0, 0.1) is 0 Å². The van der Waals surface area contributed by atoms with Crippen molar-refractivity contribution in [2.24, 2.45) is 0 Å². The van der Waals surface area contributed by atoms with Crippen molar-refractivity contribution in [3.63, 3.8) is 0 Å². The first-order valence-electron chi connectivity index (χ1n) is 8.37. The van der Waals surface area contributed by atoms with Crippen molar-refractivity contribution in [2.75, 3.05) is 32.7 Å². The average Bonchev–Trinajstić information content (AvgIpc) is 2.61. The number of alkyl halides is 3. The van der Waals surface area contributed by atoms with Crippen molar-refractivity contribution in [1.82, 2.24) is 9.62 Å². The summed E-state index contributed by atoms with van der Waals surface area (Å²) in [6, 6.07) is 3.45. The first kappa shape index (κ1) is 20.7. The van der Waals surface area contributed by atoms with Crippen LogP contribution in [0.2, 0.25) is 0 Å². The van der Waals surface area contributed by atoms with Gasteiger partial charge in [-0.1, -0.05) is 6.07 Å². The van der Waals surface area contributed by atoms with Gasteiger partial charge in [0.1, 0.15) is 0 Å². The Hall–Kier alpha value is -1.65. The highest BCUT2D eigenvalue weighted by molar-refractivity contribution is 7.89. The molecule has 1 aliphatic rings. The number of sulfonamides is 1. The molecule has 1 fully saturated rings. The van der Waals surface area contributed by atoms with E-state index in [9.17, 15) is 26.4 Å². The monoisotopic (exact) mass is 394 g/mol. The van der Waals surface area contributed by atoms with Crippen molar-refractivity contribution < 1.29 is 31.3 Å². The first-order chi connectivity index (χ1) is 12.1. The lowest BCUT2D eigenvalue weighted by molar-refractivity contribution is -0.917. The van der Waals surface area contributed by atoms with Gasteiger partial charge in [-0.15, -0.1) is 0 Å². The van der Waals surface area contributed by atoms with Gasteiger partial charge in [0.05, 0.1) is 36.6 Å². The summed E-state index contributed by atoms with van der Waals surface area (Å²) in [5, 5.41) is 2.73. The Balaban J connectivity index is 2.10. The molecule has 0 aromatic heterocycles. The van der Waals surface area contributed by atoms with Gasteiger partial charge < -0.3 is 10.2 Å². The molecule has 1 amide bonds. The van der Waals surface area contributed by atoms with Crippen LogP contribution in [0.4, 0.5) is 13.2 Å². The first-order valence-corrected chi connectivity index (χ1v) is 9.81. The molecule has 1 heterocycles. The van der Waals surface area contributed by atoms with Gasteiger partial charge in [-0.05, 0) is 32.0 Å². The second-order valence-corrected chi connectivity index (χ2v) is 8.14. The number of benzene rings is 1. The SMILES string of the molecule is CCNC(=O)[C@H](C)[NH+]1CCN(S(=O)(=O)c2cccc(C(F)(F)F)c2)CC1. The maximum atomic E-state index is 12.8. The van der Waals surface area contributed by atoms with E-state index in [4.69, 9.17) is 0 Å². The van der Waals surface area contributed by atoms with Gasteiger partial charge in [0.2, 0.25) is 10.0 Å². The van der Waals surface area contributed by atoms with Gasteiger partial charge in [0.15, 0.2) is 6.04 Å². The lowest BCUT2D eigenvalue weighted by Crippen LogP contribution is -3.19. The summed E-state index contributed by atoms with van der Waals surface area (Å²) in [5.74, 6) is -0.100. The quantitative estimate of drug-likeness (QED) is 0.745. The average molecular weight is 394 g/mol. The smallest absolute Gasteiger partial charge is 0.351 e. The van der Waals surface area contributed by atoms with Gasteiger partial charge in [0.25, 0.3) is 5.91 Å². The molecule has 6 nitrogen and oxygen atoms in total. The fourth-order valence-electron chi connectivity index (χ4n) is 2.94. The molecule has 1 aromatic carbocycles. The predicted octanol–water partition coefficient (Wildman–Crippen LogP) is 0.119. The predicted molar refractivity (Wildman–Crippen MR) is 89.0 cm³/mol. The molecule has 0 bridgehead atoms. The summed E-state index contributed by atoms with van der Waals surface area (Å²) < 4.78 is 65.0. The summed E-state index contributed by atoms with van der Waals surface area (Å²) in [6.45, 7) is 5.24. The van der Waals surface area contributed by atoms with Crippen LogP contribution in [0.3, 0.4) is 0 Å². The van der Waals surface area contributed by atoms with E-state index in [2.05, 4.69) is 5.32 Å². The van der Waals surface area contributed by atoms with E-state index >= 15 is 0 Å². The molecule has 0 aliphatic carbocycles. The Morgan fingerprint density at radius 2 is 1.92 bits per heavy atom. The van der Waals surface area contributed by atoms with Gasteiger partial charge in [0, 0.05) is 6.54 Å². The number of carbonyl (C=O) groups is 1. The maximum Gasteiger partial charge on any atom is 0.416 e. The molecule has 1 atom stereocenters. The van der Waals surface area contributed by atoms with Gasteiger partial charge in [-0.25, -0.2) is 8.42 Å². The van der Waals surface area contributed by atoms with Crippen molar-refractivity contribution in [1.29, 1.82) is 0 Å². The van der Waals surface area contributed by atoms with Crippen LogP contribution >= 0.6 is 0 Å². The fourth-order valence-corrected chi connectivity index (χ4v) is 4.43. The second kappa shape index (κ2) is 7.93. The molecule has 1 aliphatic heterocycles. The Kier molecular flexibility index (Phi) is 6.30. The van der Waals surface area contributed by atoms with E-state index in [1.165, 1.54) is 10.4 Å². The van der Waals surface area contributed by atoms with Crippen molar-refractivity contribution in [3.05, 3.63) is 29.8 Å². The topological polar surface area (TPSA) is 70.9 Å². The highest BCUT2D eigenvalue weighted by Gasteiger charge is 2.36. The summed E-state index contributed by atoms with van der Waals surface area (Å²) in [7, 11) is -4.00. The molecular weight excluding hydrogens is 371 g/mol. The number of hydrogen-bond donors (Lipinski definition) is 2. The fraction of sp³-hybridized carbons (Fsp3) is 0.562. The maximum absolute atomic E-state index is 12.8. The molecule has 0 unspecified atom stereocenters. The number of quaternary nitrogens is 1. The Morgan fingerprint density at radius 1 is 1.31 bits per heavy atom. The number of hydrogen-bond acceptors (Lipinski definition) is 3. The molecule has 2 N–H and O–H groups in total. The summed E-state index contributed by atoms with van der Waals surface area (Å²) >= 11 is 0. The van der Waals surface area contributed by atoms with Crippen LogP contribution in [0.15, 0.2) is 29.2 Å². The minimum absolute atomic E-state index is 0.100. The zero-order valence-corrected chi connectivity index (χ0v) is 15.5. The van der Waals surface area contributed by atoms with Crippen LogP contribution < -0.4 is 10.2 Å². The van der Waals surface area contributed by atoms with Crippen LogP contribution in [0.25, 0.3) is 0 Å². The molecular formula is C16H23F3N3O3S+. The Labute approximate surface area is 151 Å². The number of rotatable bonds is 5. The van der Waals surface area contributed by atoms with Crippen LogP contribution in [-0.2, 0) is 21.0 Å². The number of nitrogens with one attached hydrogen (secondary N) is 2. The lowest BCUT2D eigenvalue weighted by atomic mass is 10.2. The number of nitrogens with zero attached hydrogens (tertiary/aromatic N) is 1. The molecule has 10 heteroatoms. The van der Waals surface area contributed by atoms with Crippen molar-refractivity contribution >= 4 is 15.9 Å². The van der Waals surface area contributed by atoms with Crippen molar-refractivity contribution in [2.45, 2.75) is 31.0 Å². The van der Waals surface area contributed by atoms with E-state index in [1.54, 1.807) is 6.92 Å². The third-order valence-electron chi connectivity index (χ3n) is 4.52. The van der Waals surface area contributed by atoms with E-state index in [0.29, 0.717) is 25.7 Å². The molecule has 146 valence electrons. The normalized spacial score (nSPS) is 18.5. The highest BCUT2D eigenvalue weighted by Crippen LogP contribution is 2.31. The molecule has 26 heavy (non-hydrogen) atoms. The minimum Gasteiger partial charge on any atom is -0.351 e. The van der Waals surface area contributed by atoms with Gasteiger partial charge in [-0.3, -0.25) is 4.79 Å². The number of amides is 1. The van der Waals surface area contributed by atoms with E-state index < -0.39 is 21.8 Å². The minimum atomic E-state index is -4.60. The third kappa shape index (κ3) is 4.54.